The first-order chi connectivity index (χ1) is 27.5. The summed E-state index contributed by atoms with van der Waals surface area (Å²) in [7, 11) is -4.21. The molecule has 0 N–H and O–H groups in total. The molecule has 0 aliphatic rings. The van der Waals surface area contributed by atoms with Gasteiger partial charge < -0.3 is 8.85 Å². The second-order valence-electron chi connectivity index (χ2n) is 17.2. The maximum Gasteiger partial charge on any atom is 0.251 e. The third-order valence-corrected chi connectivity index (χ3v) is 22.9. The normalized spacial score (nSPS) is 12.1. The number of benzene rings is 1. The molecule has 3 rings (SSSR count). The molecule has 0 aliphatic heterocycles. The van der Waals surface area contributed by atoms with Gasteiger partial charge in [-0.1, -0.05) is 208 Å². The topological polar surface area (TPSA) is 18.5 Å². The predicted molar refractivity (Wildman–Crippen MR) is 260 cm³/mol. The van der Waals surface area contributed by atoms with E-state index in [2.05, 4.69) is 88.7 Å². The average molecular weight is 840 g/mol. The van der Waals surface area contributed by atoms with Gasteiger partial charge in [0.05, 0.1) is 0 Å². The lowest BCUT2D eigenvalue weighted by atomic mass is 10.1. The van der Waals surface area contributed by atoms with Gasteiger partial charge in [0.1, 0.15) is 11.5 Å². The molecule has 318 valence electrons. The van der Waals surface area contributed by atoms with Gasteiger partial charge in [-0.25, -0.2) is 0 Å². The van der Waals surface area contributed by atoms with Gasteiger partial charge in [-0.05, 0) is 71.3 Å². The Kier molecular flexibility index (Phi) is 26.1. The van der Waals surface area contributed by atoms with Gasteiger partial charge in [0.2, 0.25) is 0 Å². The molecule has 2 nitrogen and oxygen atoms in total. The Hall–Kier alpha value is -1.35. The summed E-state index contributed by atoms with van der Waals surface area (Å²) >= 11 is 3.74. The molecule has 3 aromatic rings. The molecule has 0 aliphatic carbocycles. The van der Waals surface area contributed by atoms with Crippen molar-refractivity contribution in [1.29, 1.82) is 0 Å². The summed E-state index contributed by atoms with van der Waals surface area (Å²) in [6.07, 6.45) is 31.7. The average Bonchev–Trinajstić information content (AvgIpc) is 3.96. The highest BCUT2D eigenvalue weighted by atomic mass is 32.1. The highest BCUT2D eigenvalue weighted by Gasteiger charge is 2.39. The van der Waals surface area contributed by atoms with E-state index < -0.39 is 16.6 Å². The van der Waals surface area contributed by atoms with Crippen molar-refractivity contribution in [3.05, 3.63) is 47.2 Å². The lowest BCUT2D eigenvalue weighted by Crippen LogP contribution is -2.42. The van der Waals surface area contributed by atoms with Crippen LogP contribution in [0.5, 0.6) is 11.5 Å². The van der Waals surface area contributed by atoms with Crippen LogP contribution in [-0.2, 0) is 0 Å². The van der Waals surface area contributed by atoms with E-state index in [-0.39, 0.29) is 0 Å². The first kappa shape index (κ1) is 49.0. The van der Waals surface area contributed by atoms with Crippen LogP contribution in [0, 0.1) is 0 Å². The van der Waals surface area contributed by atoms with Crippen LogP contribution in [-0.4, -0.2) is 16.6 Å². The summed E-state index contributed by atoms with van der Waals surface area (Å²) in [6.45, 7) is 14.1. The van der Waals surface area contributed by atoms with E-state index in [4.69, 9.17) is 8.85 Å². The molecule has 0 radical (unpaired) electrons. The summed E-state index contributed by atoms with van der Waals surface area (Å²) in [6, 6.07) is 21.9. The molecule has 0 saturated heterocycles. The Morgan fingerprint density at radius 1 is 0.375 bits per heavy atom. The van der Waals surface area contributed by atoms with Crippen molar-refractivity contribution in [2.24, 2.45) is 0 Å². The molecule has 2 heterocycles. The third kappa shape index (κ3) is 17.9. The minimum absolute atomic E-state index is 1.15. The Morgan fingerprint density at radius 3 is 0.857 bits per heavy atom. The van der Waals surface area contributed by atoms with E-state index >= 15 is 0 Å². The molecule has 56 heavy (non-hydrogen) atoms. The first-order valence-electron chi connectivity index (χ1n) is 24.1. The van der Waals surface area contributed by atoms with Crippen LogP contribution < -0.4 is 8.85 Å². The van der Waals surface area contributed by atoms with Crippen LogP contribution in [0.4, 0.5) is 0 Å². The number of hydrogen-bond acceptors (Lipinski definition) is 4. The lowest BCUT2D eigenvalue weighted by molar-refractivity contribution is 0.494. The Morgan fingerprint density at radius 2 is 0.643 bits per heavy atom. The summed E-state index contributed by atoms with van der Waals surface area (Å²) in [5, 5.41) is 4.51. The minimum atomic E-state index is -2.10. The van der Waals surface area contributed by atoms with E-state index in [1.54, 1.807) is 0 Å². The molecule has 1 aromatic carbocycles. The van der Waals surface area contributed by atoms with Crippen molar-refractivity contribution in [2.45, 2.75) is 232 Å². The first-order valence-corrected chi connectivity index (χ1v) is 30.9. The largest absolute Gasteiger partial charge is 0.543 e. The van der Waals surface area contributed by atoms with E-state index in [0.717, 1.165) is 11.5 Å². The van der Waals surface area contributed by atoms with Crippen LogP contribution in [0.1, 0.15) is 196 Å². The number of rotatable bonds is 36. The molecule has 0 fully saturated rings. The summed E-state index contributed by atoms with van der Waals surface area (Å²) < 4.78 is 15.8. The summed E-state index contributed by atoms with van der Waals surface area (Å²) in [4.78, 5) is 2.66. The van der Waals surface area contributed by atoms with Crippen LogP contribution >= 0.6 is 22.7 Å². The molecule has 0 amide bonds. The zero-order chi connectivity index (χ0) is 40.2. The molecule has 0 saturated carbocycles. The van der Waals surface area contributed by atoms with Gasteiger partial charge in [-0.2, -0.15) is 0 Å². The highest BCUT2D eigenvalue weighted by molar-refractivity contribution is 7.14. The van der Waals surface area contributed by atoms with Crippen molar-refractivity contribution >= 4 is 39.3 Å². The van der Waals surface area contributed by atoms with E-state index in [1.165, 1.54) is 211 Å². The fourth-order valence-electron chi connectivity index (χ4n) is 8.74. The molecule has 0 spiro atoms. The summed E-state index contributed by atoms with van der Waals surface area (Å²) in [5.41, 5.74) is 2.57. The smallest absolute Gasteiger partial charge is 0.251 e. The second-order valence-corrected chi connectivity index (χ2v) is 27.3. The van der Waals surface area contributed by atoms with Gasteiger partial charge in [0.25, 0.3) is 16.6 Å². The Bertz CT molecular complexity index is 1190. The molecular weight excluding hydrogens is 753 g/mol. The second kappa shape index (κ2) is 29.8. The maximum absolute atomic E-state index is 7.90. The van der Waals surface area contributed by atoms with Gasteiger partial charge in [-0.15, -0.1) is 22.7 Å². The Balaban J connectivity index is 2.20. The van der Waals surface area contributed by atoms with Gasteiger partial charge >= 0.3 is 0 Å². The quantitative estimate of drug-likeness (QED) is 0.0429. The lowest BCUT2D eigenvalue weighted by Gasteiger charge is -2.36. The van der Waals surface area contributed by atoms with Crippen LogP contribution in [0.2, 0.25) is 36.3 Å². The van der Waals surface area contributed by atoms with Crippen LogP contribution in [0.25, 0.3) is 20.9 Å². The van der Waals surface area contributed by atoms with Crippen molar-refractivity contribution in [2.75, 3.05) is 0 Å². The molecule has 0 atom stereocenters. The fraction of sp³-hybridized carbons (Fsp3) is 0.720. The van der Waals surface area contributed by atoms with Crippen molar-refractivity contribution in [3.8, 4) is 32.4 Å². The van der Waals surface area contributed by atoms with Crippen molar-refractivity contribution < 1.29 is 8.85 Å². The summed E-state index contributed by atoms with van der Waals surface area (Å²) in [5.74, 6) is 2.30. The molecule has 0 unspecified atom stereocenters. The van der Waals surface area contributed by atoms with Gasteiger partial charge in [0, 0.05) is 20.9 Å². The van der Waals surface area contributed by atoms with Crippen molar-refractivity contribution in [1.82, 2.24) is 0 Å². The molecule has 0 bridgehead atoms. The predicted octanol–water partition coefficient (Wildman–Crippen LogP) is 19.3. The zero-order valence-corrected chi connectivity index (χ0v) is 41.1. The van der Waals surface area contributed by atoms with E-state index in [1.807, 2.05) is 22.7 Å². The van der Waals surface area contributed by atoms with E-state index in [0.29, 0.717) is 0 Å². The zero-order valence-electron chi connectivity index (χ0n) is 37.5. The Labute approximate surface area is 357 Å². The SMILES string of the molecule is CCCCCC[Si](CCCCCC)(CCCCCC)Oc1cc(-c2cccs2)c(O[Si](CCCCCC)(CCCCCC)CCCCCC)cc1-c1cccs1. The minimum Gasteiger partial charge on any atom is -0.543 e. The molecule has 2 aromatic heterocycles. The monoisotopic (exact) mass is 839 g/mol. The van der Waals surface area contributed by atoms with Crippen molar-refractivity contribution in [3.63, 3.8) is 0 Å². The van der Waals surface area contributed by atoms with Gasteiger partial charge in [-0.3, -0.25) is 0 Å². The standard InChI is InChI=1S/C50H86O2S2Si2/c1-7-13-19-25-37-55(38-26-20-14-8-2,39-27-21-15-9-3)51-47-43-46(50-34-32-36-54-50)48(44-45(47)49-33-31-35-53-49)52-56(40-28-22-16-10-4,41-29-23-17-11-5)42-30-24-18-12-6/h31-36,43-44H,7-30,37-42H2,1-6H3. The third-order valence-electron chi connectivity index (χ3n) is 12.2. The highest BCUT2D eigenvalue weighted by Crippen LogP contribution is 2.47. The molecular formula is C50H86O2S2Si2. The maximum atomic E-state index is 7.90. The van der Waals surface area contributed by atoms with Crippen LogP contribution in [0.15, 0.2) is 47.2 Å². The van der Waals surface area contributed by atoms with Gasteiger partial charge in [0.15, 0.2) is 0 Å². The number of unbranched alkanes of at least 4 members (excludes halogenated alkanes) is 18. The van der Waals surface area contributed by atoms with Crippen LogP contribution in [0.3, 0.4) is 0 Å². The fourth-order valence-corrected chi connectivity index (χ4v) is 19.0. The number of thiophene rings is 2. The molecule has 6 heteroatoms. The van der Waals surface area contributed by atoms with E-state index in [9.17, 15) is 0 Å². The number of hydrogen-bond donors (Lipinski definition) is 0.